The summed E-state index contributed by atoms with van der Waals surface area (Å²) in [6, 6.07) is 9.63. The third kappa shape index (κ3) is 2.79. The molecule has 104 valence electrons. The van der Waals surface area contributed by atoms with Gasteiger partial charge in [-0.25, -0.2) is 0 Å². The van der Waals surface area contributed by atoms with Crippen LogP contribution < -0.4 is 10.6 Å². The molecule has 0 fully saturated rings. The summed E-state index contributed by atoms with van der Waals surface area (Å²) < 4.78 is 0. The molecule has 4 heteroatoms. The summed E-state index contributed by atoms with van der Waals surface area (Å²) in [6.07, 6.45) is 2.54. The maximum Gasteiger partial charge on any atom is 0.259 e. The number of carbonyl (C=O) groups excluding carboxylic acids is 1. The van der Waals surface area contributed by atoms with Gasteiger partial charge >= 0.3 is 0 Å². The van der Waals surface area contributed by atoms with Gasteiger partial charge in [0, 0.05) is 12.7 Å². The van der Waals surface area contributed by atoms with Crippen molar-refractivity contribution in [3.05, 3.63) is 53.3 Å². The van der Waals surface area contributed by atoms with E-state index in [0.29, 0.717) is 16.9 Å². The van der Waals surface area contributed by atoms with Crippen LogP contribution >= 0.6 is 0 Å². The minimum atomic E-state index is -0.105. The van der Waals surface area contributed by atoms with Gasteiger partial charge in [-0.3, -0.25) is 9.78 Å². The normalized spacial score (nSPS) is 10.3. The average molecular weight is 269 g/mol. The van der Waals surface area contributed by atoms with Crippen LogP contribution in [-0.4, -0.2) is 17.9 Å². The van der Waals surface area contributed by atoms with Crippen molar-refractivity contribution < 1.29 is 4.79 Å². The number of aryl methyl sites for hydroxylation is 2. The summed E-state index contributed by atoms with van der Waals surface area (Å²) >= 11 is 0. The molecule has 1 amide bonds. The number of nitrogens with zero attached hydrogens (tertiary/aromatic N) is 2. The topological polar surface area (TPSA) is 59.2 Å². The Morgan fingerprint density at radius 2 is 1.95 bits per heavy atom. The summed E-state index contributed by atoms with van der Waals surface area (Å²) in [7, 11) is 1.76. The second-order valence-corrected chi connectivity index (χ2v) is 4.79. The van der Waals surface area contributed by atoms with Gasteiger partial charge < -0.3 is 10.6 Å². The number of rotatable bonds is 3. The lowest BCUT2D eigenvalue weighted by molar-refractivity contribution is 0.0992. The smallest absolute Gasteiger partial charge is 0.259 e. The van der Waals surface area contributed by atoms with Gasteiger partial charge in [-0.2, -0.15) is 0 Å². The first-order valence-corrected chi connectivity index (χ1v) is 6.62. The van der Waals surface area contributed by atoms with Crippen molar-refractivity contribution in [1.29, 1.82) is 0 Å². The number of aromatic nitrogens is 1. The fourth-order valence-corrected chi connectivity index (χ4v) is 2.02. The third-order valence-electron chi connectivity index (χ3n) is 3.37. The van der Waals surface area contributed by atoms with Crippen LogP contribution in [0.3, 0.4) is 0 Å². The molecule has 0 saturated heterocycles. The van der Waals surface area contributed by atoms with Crippen LogP contribution in [0.25, 0.3) is 0 Å². The van der Waals surface area contributed by atoms with E-state index in [9.17, 15) is 4.79 Å². The Morgan fingerprint density at radius 3 is 2.55 bits per heavy atom. The van der Waals surface area contributed by atoms with Gasteiger partial charge in [-0.15, -0.1) is 0 Å². The third-order valence-corrected chi connectivity index (χ3v) is 3.37. The van der Waals surface area contributed by atoms with Crippen molar-refractivity contribution in [2.45, 2.75) is 20.3 Å². The van der Waals surface area contributed by atoms with Crippen molar-refractivity contribution in [2.24, 2.45) is 0 Å². The fraction of sp³-hybridized carbons (Fsp3) is 0.250. The number of hydrogen-bond acceptors (Lipinski definition) is 3. The van der Waals surface area contributed by atoms with Gasteiger partial charge in [0.2, 0.25) is 0 Å². The van der Waals surface area contributed by atoms with Crippen molar-refractivity contribution in [1.82, 2.24) is 4.98 Å². The molecule has 4 nitrogen and oxygen atoms in total. The molecule has 2 N–H and O–H groups in total. The molecule has 0 aliphatic rings. The lowest BCUT2D eigenvalue weighted by Crippen LogP contribution is -2.27. The summed E-state index contributed by atoms with van der Waals surface area (Å²) in [5.74, 6) is -0.105. The molecule has 0 atom stereocenters. The Morgan fingerprint density at radius 1 is 1.30 bits per heavy atom. The average Bonchev–Trinajstić information content (AvgIpc) is 2.48. The van der Waals surface area contributed by atoms with E-state index in [0.717, 1.165) is 12.1 Å². The van der Waals surface area contributed by atoms with E-state index in [-0.39, 0.29) is 5.91 Å². The first-order chi connectivity index (χ1) is 9.52. The molecule has 0 aliphatic heterocycles. The Balaban J connectivity index is 2.29. The molecule has 1 aromatic heterocycles. The highest BCUT2D eigenvalue weighted by Crippen LogP contribution is 2.19. The van der Waals surface area contributed by atoms with Gasteiger partial charge in [0.05, 0.1) is 23.1 Å². The fourth-order valence-electron chi connectivity index (χ4n) is 2.02. The minimum Gasteiger partial charge on any atom is -0.397 e. The summed E-state index contributed by atoms with van der Waals surface area (Å²) in [4.78, 5) is 18.2. The largest absolute Gasteiger partial charge is 0.397 e. The van der Waals surface area contributed by atoms with Crippen molar-refractivity contribution >= 4 is 17.3 Å². The molecule has 0 spiro atoms. The monoisotopic (exact) mass is 269 g/mol. The highest BCUT2D eigenvalue weighted by molar-refractivity contribution is 6.06. The van der Waals surface area contributed by atoms with Gasteiger partial charge in [-0.1, -0.05) is 19.1 Å². The molecule has 20 heavy (non-hydrogen) atoms. The van der Waals surface area contributed by atoms with E-state index < -0.39 is 0 Å². The molecule has 2 aromatic rings. The predicted molar refractivity (Wildman–Crippen MR) is 81.9 cm³/mol. The lowest BCUT2D eigenvalue weighted by atomic mass is 10.1. The van der Waals surface area contributed by atoms with E-state index in [2.05, 4.69) is 11.9 Å². The van der Waals surface area contributed by atoms with E-state index >= 15 is 0 Å². The molecule has 1 heterocycles. The Bertz CT molecular complexity index is 620. The molecular weight excluding hydrogens is 250 g/mol. The van der Waals surface area contributed by atoms with Crippen molar-refractivity contribution in [2.75, 3.05) is 17.7 Å². The van der Waals surface area contributed by atoms with Gasteiger partial charge in [0.1, 0.15) is 0 Å². The zero-order valence-electron chi connectivity index (χ0n) is 12.1. The maximum absolute atomic E-state index is 12.5. The van der Waals surface area contributed by atoms with Crippen LogP contribution in [0.2, 0.25) is 0 Å². The SMILES string of the molecule is CCc1ccc(N(C)C(=O)c2cc(N)cnc2C)cc1. The van der Waals surface area contributed by atoms with Crippen LogP contribution in [0.15, 0.2) is 36.5 Å². The van der Waals surface area contributed by atoms with E-state index in [4.69, 9.17) is 5.73 Å². The lowest BCUT2D eigenvalue weighted by Gasteiger charge is -2.18. The molecule has 0 radical (unpaired) electrons. The summed E-state index contributed by atoms with van der Waals surface area (Å²) in [5.41, 5.74) is 9.52. The summed E-state index contributed by atoms with van der Waals surface area (Å²) in [6.45, 7) is 3.91. The van der Waals surface area contributed by atoms with Gasteiger partial charge in [0.15, 0.2) is 0 Å². The van der Waals surface area contributed by atoms with Gasteiger partial charge in [0.25, 0.3) is 5.91 Å². The van der Waals surface area contributed by atoms with Crippen LogP contribution in [0.1, 0.15) is 28.5 Å². The van der Waals surface area contributed by atoms with Crippen LogP contribution in [0.5, 0.6) is 0 Å². The number of pyridine rings is 1. The zero-order valence-corrected chi connectivity index (χ0v) is 12.1. The Labute approximate surface area is 119 Å². The maximum atomic E-state index is 12.5. The number of benzene rings is 1. The predicted octanol–water partition coefficient (Wildman–Crippen LogP) is 2.81. The van der Waals surface area contributed by atoms with Crippen LogP contribution in [0, 0.1) is 6.92 Å². The quantitative estimate of drug-likeness (QED) is 0.932. The highest BCUT2D eigenvalue weighted by atomic mass is 16.2. The number of nitrogens with two attached hydrogens (primary N) is 1. The standard InChI is InChI=1S/C16H19N3O/c1-4-12-5-7-14(8-6-12)19(3)16(20)15-9-13(17)10-18-11(15)2/h5-10H,4,17H2,1-3H3. The number of anilines is 2. The Hall–Kier alpha value is -2.36. The zero-order chi connectivity index (χ0) is 14.7. The van der Waals surface area contributed by atoms with E-state index in [1.165, 1.54) is 5.56 Å². The molecule has 0 unspecified atom stereocenters. The molecule has 1 aromatic carbocycles. The molecule has 0 bridgehead atoms. The minimum absolute atomic E-state index is 0.105. The summed E-state index contributed by atoms with van der Waals surface area (Å²) in [5, 5.41) is 0. The molecule has 0 aliphatic carbocycles. The van der Waals surface area contributed by atoms with E-state index in [1.807, 2.05) is 24.3 Å². The number of carbonyl (C=O) groups is 1. The molecular formula is C16H19N3O. The van der Waals surface area contributed by atoms with E-state index in [1.54, 1.807) is 31.1 Å². The van der Waals surface area contributed by atoms with Crippen LogP contribution in [-0.2, 0) is 6.42 Å². The van der Waals surface area contributed by atoms with Crippen molar-refractivity contribution in [3.63, 3.8) is 0 Å². The molecule has 2 rings (SSSR count). The van der Waals surface area contributed by atoms with Crippen LogP contribution in [0.4, 0.5) is 11.4 Å². The molecule has 0 saturated carbocycles. The number of amides is 1. The Kier molecular flexibility index (Phi) is 4.03. The van der Waals surface area contributed by atoms with Crippen molar-refractivity contribution in [3.8, 4) is 0 Å². The number of hydrogen-bond donors (Lipinski definition) is 1. The second kappa shape index (κ2) is 5.74. The number of nitrogen functional groups attached to an aromatic ring is 1. The van der Waals surface area contributed by atoms with Gasteiger partial charge in [-0.05, 0) is 37.1 Å². The second-order valence-electron chi connectivity index (χ2n) is 4.79. The first kappa shape index (κ1) is 14.1. The first-order valence-electron chi connectivity index (χ1n) is 6.62. The highest BCUT2D eigenvalue weighted by Gasteiger charge is 2.16.